The second kappa shape index (κ2) is 10.8. The molecule has 0 aromatic heterocycles. The molecule has 1 aromatic rings. The summed E-state index contributed by atoms with van der Waals surface area (Å²) in [6.07, 6.45) is -1.42. The van der Waals surface area contributed by atoms with Gasteiger partial charge in [-0.25, -0.2) is 4.79 Å². The van der Waals surface area contributed by atoms with Crippen molar-refractivity contribution in [3.05, 3.63) is 34.9 Å². The minimum absolute atomic E-state index is 0.0823. The minimum atomic E-state index is -5.08. The summed E-state index contributed by atoms with van der Waals surface area (Å²) in [5.41, 5.74) is 1.69. The Morgan fingerprint density at radius 3 is 2.49 bits per heavy atom. The van der Waals surface area contributed by atoms with Crippen LogP contribution in [0.2, 0.25) is 0 Å². The average Bonchev–Trinajstić information content (AvgIpc) is 2.94. The van der Waals surface area contributed by atoms with Crippen LogP contribution in [-0.2, 0) is 20.9 Å². The number of imide groups is 1. The number of amides is 4. The molecule has 1 aromatic carbocycles. The lowest BCUT2D eigenvalue weighted by Crippen LogP contribution is -2.52. The van der Waals surface area contributed by atoms with Gasteiger partial charge in [0.25, 0.3) is 11.8 Å². The molecule has 13 heteroatoms. The van der Waals surface area contributed by atoms with E-state index in [1.165, 1.54) is 4.90 Å². The highest BCUT2D eigenvalue weighted by atomic mass is 19.4. The van der Waals surface area contributed by atoms with Gasteiger partial charge in [0, 0.05) is 36.7 Å². The first-order valence-corrected chi connectivity index (χ1v) is 11.1. The van der Waals surface area contributed by atoms with Crippen molar-refractivity contribution in [2.75, 3.05) is 13.1 Å². The molecule has 4 amide bonds. The highest BCUT2D eigenvalue weighted by molar-refractivity contribution is 6.06. The van der Waals surface area contributed by atoms with Crippen LogP contribution in [0.15, 0.2) is 18.2 Å². The van der Waals surface area contributed by atoms with E-state index in [9.17, 15) is 32.3 Å². The predicted octanol–water partition coefficient (Wildman–Crippen LogP) is 0.953. The van der Waals surface area contributed by atoms with E-state index in [1.807, 2.05) is 0 Å². The van der Waals surface area contributed by atoms with Crippen molar-refractivity contribution in [3.63, 3.8) is 0 Å². The summed E-state index contributed by atoms with van der Waals surface area (Å²) in [6.45, 7) is 2.03. The van der Waals surface area contributed by atoms with Gasteiger partial charge < -0.3 is 20.6 Å². The zero-order valence-electron chi connectivity index (χ0n) is 18.6. The van der Waals surface area contributed by atoms with Crippen LogP contribution in [0.25, 0.3) is 0 Å². The van der Waals surface area contributed by atoms with Crippen LogP contribution < -0.4 is 16.0 Å². The lowest BCUT2D eigenvalue weighted by Gasteiger charge is -2.29. The van der Waals surface area contributed by atoms with Crippen LogP contribution in [0.5, 0.6) is 0 Å². The van der Waals surface area contributed by atoms with Crippen molar-refractivity contribution in [3.8, 4) is 0 Å². The molecule has 35 heavy (non-hydrogen) atoms. The van der Waals surface area contributed by atoms with Crippen molar-refractivity contribution in [2.45, 2.75) is 56.9 Å². The average molecular weight is 498 g/mol. The quantitative estimate of drug-likeness (QED) is 0.454. The third-order valence-electron chi connectivity index (χ3n) is 5.91. The van der Waals surface area contributed by atoms with E-state index in [2.05, 4.69) is 16.0 Å². The molecule has 4 N–H and O–H groups in total. The molecule has 2 fully saturated rings. The van der Waals surface area contributed by atoms with Gasteiger partial charge in [-0.2, -0.15) is 13.2 Å². The number of carbonyl (C=O) groups is 5. The lowest BCUT2D eigenvalue weighted by molar-refractivity contribution is -0.192. The Morgan fingerprint density at radius 1 is 1.11 bits per heavy atom. The summed E-state index contributed by atoms with van der Waals surface area (Å²) >= 11 is 0. The van der Waals surface area contributed by atoms with E-state index in [4.69, 9.17) is 9.90 Å². The smallest absolute Gasteiger partial charge is 0.475 e. The van der Waals surface area contributed by atoms with E-state index >= 15 is 0 Å². The summed E-state index contributed by atoms with van der Waals surface area (Å²) < 4.78 is 31.7. The van der Waals surface area contributed by atoms with Crippen molar-refractivity contribution < 1.29 is 42.3 Å². The second-order valence-electron chi connectivity index (χ2n) is 8.45. The first kappa shape index (κ1) is 26.1. The first-order valence-electron chi connectivity index (χ1n) is 11.1. The van der Waals surface area contributed by atoms with Crippen LogP contribution in [0, 0.1) is 0 Å². The number of carboxylic acids is 1. The number of alkyl halides is 3. The molecule has 0 bridgehead atoms. The summed E-state index contributed by atoms with van der Waals surface area (Å²) in [6, 6.07) is 4.55. The zero-order valence-corrected chi connectivity index (χ0v) is 18.6. The number of hydrogen-bond acceptors (Lipinski definition) is 6. The molecule has 0 radical (unpaired) electrons. The number of fused-ring (bicyclic) bond motifs is 1. The number of halogens is 3. The standard InChI is InChI=1S/C20H24N4O4.C2HF3O2/c25-17-7-6-16(19(27)23-17)24-11-13-5-4-12(9-15(13)20(24)28)18(26)22-14-3-1-2-8-21-10-14;3-2(4,5)1(6)7/h4-5,9,14,16,21H,1-3,6-8,10-11H2,(H,22,26)(H,23,25,27);(H,6,7)/t14-,16?;/m0./s1. The van der Waals surface area contributed by atoms with E-state index in [1.54, 1.807) is 18.2 Å². The van der Waals surface area contributed by atoms with Gasteiger partial charge in [0.1, 0.15) is 6.04 Å². The van der Waals surface area contributed by atoms with Gasteiger partial charge in [-0.3, -0.25) is 24.5 Å². The topological polar surface area (TPSA) is 145 Å². The number of nitrogens with one attached hydrogen (secondary N) is 3. The number of rotatable bonds is 3. The Hall–Kier alpha value is -3.48. The lowest BCUT2D eigenvalue weighted by atomic mass is 10.0. The third kappa shape index (κ3) is 6.56. The second-order valence-corrected chi connectivity index (χ2v) is 8.45. The number of piperidine rings is 1. The van der Waals surface area contributed by atoms with Gasteiger partial charge in [-0.1, -0.05) is 12.5 Å². The molecular weight excluding hydrogens is 473 g/mol. The van der Waals surface area contributed by atoms with Crippen molar-refractivity contribution in [1.82, 2.24) is 20.9 Å². The summed E-state index contributed by atoms with van der Waals surface area (Å²) in [5.74, 6) is -3.96. The van der Waals surface area contributed by atoms with Crippen LogP contribution in [0.3, 0.4) is 0 Å². The molecule has 3 aliphatic heterocycles. The molecule has 4 rings (SSSR count). The van der Waals surface area contributed by atoms with Crippen LogP contribution in [0.4, 0.5) is 13.2 Å². The molecule has 2 saturated heterocycles. The normalized spacial score (nSPS) is 22.4. The molecule has 1 unspecified atom stereocenters. The van der Waals surface area contributed by atoms with Gasteiger partial charge in [0.2, 0.25) is 11.8 Å². The maximum Gasteiger partial charge on any atom is 0.490 e. The van der Waals surface area contributed by atoms with Gasteiger partial charge in [0.15, 0.2) is 0 Å². The number of carbonyl (C=O) groups excluding carboxylic acids is 4. The molecule has 2 atom stereocenters. The Bertz CT molecular complexity index is 1020. The molecule has 0 spiro atoms. The molecule has 10 nitrogen and oxygen atoms in total. The monoisotopic (exact) mass is 498 g/mol. The Balaban J connectivity index is 0.000000429. The summed E-state index contributed by atoms with van der Waals surface area (Å²) in [5, 5.41) is 15.8. The SMILES string of the molecule is O=C(O)C(F)(F)F.O=C1CCC(N2Cc3ccc(C(=O)N[C@H]4CCCCNC4)cc3C2=O)C(=O)N1. The number of nitrogens with zero attached hydrogens (tertiary/aromatic N) is 1. The summed E-state index contributed by atoms with van der Waals surface area (Å²) in [7, 11) is 0. The highest BCUT2D eigenvalue weighted by Gasteiger charge is 2.39. The Kier molecular flexibility index (Phi) is 8.10. The molecule has 0 saturated carbocycles. The number of hydrogen-bond donors (Lipinski definition) is 4. The van der Waals surface area contributed by atoms with Crippen molar-refractivity contribution in [1.29, 1.82) is 0 Å². The molecule has 0 aliphatic carbocycles. The fraction of sp³-hybridized carbons (Fsp3) is 0.500. The van der Waals surface area contributed by atoms with Gasteiger partial charge in [0.05, 0.1) is 0 Å². The number of benzene rings is 1. The molecule has 3 heterocycles. The van der Waals surface area contributed by atoms with Crippen molar-refractivity contribution >= 4 is 29.6 Å². The number of carboxylic acid groups (broad SMARTS) is 1. The first-order chi connectivity index (χ1) is 16.5. The van der Waals surface area contributed by atoms with Crippen LogP contribution >= 0.6 is 0 Å². The van der Waals surface area contributed by atoms with E-state index < -0.39 is 24.1 Å². The minimum Gasteiger partial charge on any atom is -0.475 e. The molecular formula is C22H25F3N4O6. The predicted molar refractivity (Wildman–Crippen MR) is 114 cm³/mol. The van der Waals surface area contributed by atoms with Crippen molar-refractivity contribution in [2.24, 2.45) is 0 Å². The summed E-state index contributed by atoms with van der Waals surface area (Å²) in [4.78, 5) is 59.3. The van der Waals surface area contributed by atoms with Crippen LogP contribution in [-0.4, -0.2) is 71.0 Å². The largest absolute Gasteiger partial charge is 0.490 e. The highest BCUT2D eigenvalue weighted by Crippen LogP contribution is 2.28. The molecule has 190 valence electrons. The van der Waals surface area contributed by atoms with Gasteiger partial charge >= 0.3 is 12.1 Å². The third-order valence-corrected chi connectivity index (χ3v) is 5.91. The zero-order chi connectivity index (χ0) is 25.8. The Morgan fingerprint density at radius 2 is 1.83 bits per heavy atom. The maximum atomic E-state index is 12.9. The maximum absolute atomic E-state index is 12.9. The Labute approximate surface area is 198 Å². The van der Waals surface area contributed by atoms with Gasteiger partial charge in [-0.15, -0.1) is 0 Å². The fourth-order valence-electron chi connectivity index (χ4n) is 4.11. The molecule has 3 aliphatic rings. The van der Waals surface area contributed by atoms with E-state index in [-0.39, 0.29) is 30.2 Å². The fourth-order valence-corrected chi connectivity index (χ4v) is 4.11. The van der Waals surface area contributed by atoms with Gasteiger partial charge in [-0.05, 0) is 43.5 Å². The van der Waals surface area contributed by atoms with Crippen LogP contribution in [0.1, 0.15) is 58.4 Å². The van der Waals surface area contributed by atoms with E-state index in [0.29, 0.717) is 24.1 Å². The number of aliphatic carboxylic acids is 1. The van der Waals surface area contributed by atoms with E-state index in [0.717, 1.165) is 37.9 Å².